The van der Waals surface area contributed by atoms with Gasteiger partial charge in [0.15, 0.2) is 0 Å². The second-order valence-corrected chi connectivity index (χ2v) is 9.08. The lowest BCUT2D eigenvalue weighted by molar-refractivity contribution is 0.213. The maximum Gasteiger partial charge on any atom is 0.339 e. The lowest BCUT2D eigenvalue weighted by Gasteiger charge is -2.28. The molecule has 0 bridgehead atoms. The minimum absolute atomic E-state index is 0.247. The summed E-state index contributed by atoms with van der Waals surface area (Å²) in [5, 5.41) is 13.5. The largest absolute Gasteiger partial charge is 0.507 e. The number of phenolic OH excluding ortho intramolecular Hbond substituents is 1. The molecule has 0 aliphatic heterocycles. The average Bonchev–Trinajstić information content (AvgIpc) is 2.61. The highest BCUT2D eigenvalue weighted by molar-refractivity contribution is 7.54. The molecule has 7 heteroatoms. The fourth-order valence-electron chi connectivity index (χ4n) is 3.25. The van der Waals surface area contributed by atoms with Gasteiger partial charge in [-0.1, -0.05) is 12.1 Å². The fraction of sp³-hybridized carbons (Fsp3) is 0.476. The standard InChI is InChI=1S/C21H31N2O4P/c1-7-26-28(25,27-8-2)20(18-11-14(3)21(24)15(4)12-18)13-22-19-10-9-16(5)23-17(19)6/h9-12,20,22,24H,7-8,13H2,1-6H3. The second kappa shape index (κ2) is 9.55. The van der Waals surface area contributed by atoms with Gasteiger partial charge in [0, 0.05) is 12.2 Å². The van der Waals surface area contributed by atoms with E-state index in [1.807, 2.05) is 52.0 Å². The number of rotatable bonds is 9. The summed E-state index contributed by atoms with van der Waals surface area (Å²) in [6, 6.07) is 7.59. The molecule has 154 valence electrons. The van der Waals surface area contributed by atoms with Crippen LogP contribution in [0.2, 0.25) is 0 Å². The summed E-state index contributed by atoms with van der Waals surface area (Å²) >= 11 is 0. The van der Waals surface area contributed by atoms with E-state index in [-0.39, 0.29) is 19.0 Å². The molecular formula is C21H31N2O4P. The molecule has 6 nitrogen and oxygen atoms in total. The van der Waals surface area contributed by atoms with Crippen LogP contribution < -0.4 is 5.32 Å². The van der Waals surface area contributed by atoms with E-state index in [9.17, 15) is 9.67 Å². The molecule has 1 atom stereocenters. The molecule has 2 aromatic rings. The molecule has 1 aromatic heterocycles. The number of benzene rings is 1. The summed E-state index contributed by atoms with van der Waals surface area (Å²) in [6.45, 7) is 12.1. The Morgan fingerprint density at radius 2 is 1.64 bits per heavy atom. The first-order valence-electron chi connectivity index (χ1n) is 9.58. The molecule has 1 heterocycles. The van der Waals surface area contributed by atoms with Gasteiger partial charge in [-0.05, 0) is 70.4 Å². The number of aromatic nitrogens is 1. The zero-order chi connectivity index (χ0) is 20.9. The minimum Gasteiger partial charge on any atom is -0.507 e. The molecule has 1 aromatic carbocycles. The number of nitrogens with one attached hydrogen (secondary N) is 1. The number of pyridine rings is 1. The van der Waals surface area contributed by atoms with Crippen molar-refractivity contribution in [3.05, 3.63) is 52.3 Å². The Balaban J connectivity index is 2.44. The van der Waals surface area contributed by atoms with Gasteiger partial charge in [0.05, 0.1) is 24.6 Å². The Morgan fingerprint density at radius 3 is 2.14 bits per heavy atom. The van der Waals surface area contributed by atoms with Crippen molar-refractivity contribution in [3.8, 4) is 5.75 Å². The van der Waals surface area contributed by atoms with Gasteiger partial charge in [-0.2, -0.15) is 0 Å². The molecule has 0 aliphatic carbocycles. The van der Waals surface area contributed by atoms with Crippen LogP contribution in [-0.4, -0.2) is 29.8 Å². The first-order valence-corrected chi connectivity index (χ1v) is 11.2. The van der Waals surface area contributed by atoms with Crippen molar-refractivity contribution in [2.75, 3.05) is 25.1 Å². The van der Waals surface area contributed by atoms with Gasteiger partial charge in [-0.3, -0.25) is 9.55 Å². The maximum atomic E-state index is 13.6. The molecule has 1 unspecified atom stereocenters. The van der Waals surface area contributed by atoms with Crippen LogP contribution in [0.5, 0.6) is 5.75 Å². The van der Waals surface area contributed by atoms with E-state index in [1.165, 1.54) is 0 Å². The van der Waals surface area contributed by atoms with Gasteiger partial charge < -0.3 is 19.5 Å². The van der Waals surface area contributed by atoms with Gasteiger partial charge in [0.2, 0.25) is 0 Å². The smallest absolute Gasteiger partial charge is 0.339 e. The zero-order valence-electron chi connectivity index (χ0n) is 17.6. The number of aryl methyl sites for hydroxylation is 4. The molecule has 2 rings (SSSR count). The molecule has 0 spiro atoms. The maximum absolute atomic E-state index is 13.6. The van der Waals surface area contributed by atoms with Crippen LogP contribution >= 0.6 is 7.60 Å². The predicted molar refractivity (Wildman–Crippen MR) is 113 cm³/mol. The molecule has 2 N–H and O–H groups in total. The third kappa shape index (κ3) is 5.13. The van der Waals surface area contributed by atoms with Crippen molar-refractivity contribution < 1.29 is 18.7 Å². The highest BCUT2D eigenvalue weighted by atomic mass is 31.2. The van der Waals surface area contributed by atoms with Crippen LogP contribution in [0.3, 0.4) is 0 Å². The van der Waals surface area contributed by atoms with Crippen molar-refractivity contribution in [2.24, 2.45) is 0 Å². The van der Waals surface area contributed by atoms with Gasteiger partial charge in [-0.25, -0.2) is 0 Å². The Hall–Kier alpha value is -1.88. The lowest BCUT2D eigenvalue weighted by Crippen LogP contribution is -2.17. The SMILES string of the molecule is CCOP(=O)(OCC)C(CNc1ccc(C)nc1C)c1cc(C)c(O)c(C)c1. The minimum atomic E-state index is -3.43. The summed E-state index contributed by atoms with van der Waals surface area (Å²) in [4.78, 5) is 4.47. The Labute approximate surface area is 167 Å². The summed E-state index contributed by atoms with van der Waals surface area (Å²) in [5.74, 6) is 0.247. The molecular weight excluding hydrogens is 375 g/mol. The highest BCUT2D eigenvalue weighted by Crippen LogP contribution is 2.61. The van der Waals surface area contributed by atoms with Crippen LogP contribution in [-0.2, 0) is 13.6 Å². The quantitative estimate of drug-likeness (QED) is 0.540. The van der Waals surface area contributed by atoms with E-state index in [0.29, 0.717) is 6.54 Å². The monoisotopic (exact) mass is 406 g/mol. The number of hydrogen-bond donors (Lipinski definition) is 2. The van der Waals surface area contributed by atoms with Crippen LogP contribution in [0, 0.1) is 27.7 Å². The first kappa shape index (κ1) is 22.4. The molecule has 0 saturated carbocycles. The molecule has 0 amide bonds. The van der Waals surface area contributed by atoms with E-state index >= 15 is 0 Å². The van der Waals surface area contributed by atoms with Crippen molar-refractivity contribution in [3.63, 3.8) is 0 Å². The topological polar surface area (TPSA) is 80.7 Å². The normalized spacial score (nSPS) is 12.8. The molecule has 0 fully saturated rings. The molecule has 0 saturated heterocycles. The summed E-state index contributed by atoms with van der Waals surface area (Å²) < 4.78 is 24.9. The zero-order valence-corrected chi connectivity index (χ0v) is 18.5. The number of nitrogens with zero attached hydrogens (tertiary/aromatic N) is 1. The second-order valence-electron chi connectivity index (χ2n) is 6.86. The Kier molecular flexibility index (Phi) is 7.64. The van der Waals surface area contributed by atoms with Gasteiger partial charge in [0.25, 0.3) is 0 Å². The molecule has 0 radical (unpaired) electrons. The Morgan fingerprint density at radius 1 is 1.07 bits per heavy atom. The fourth-order valence-corrected chi connectivity index (χ4v) is 5.23. The molecule has 0 aliphatic rings. The first-order chi connectivity index (χ1) is 13.2. The average molecular weight is 406 g/mol. The Bertz CT molecular complexity index is 836. The van der Waals surface area contributed by atoms with E-state index in [1.54, 1.807) is 13.8 Å². The van der Waals surface area contributed by atoms with Gasteiger partial charge in [0.1, 0.15) is 11.4 Å². The van der Waals surface area contributed by atoms with E-state index < -0.39 is 13.3 Å². The lowest BCUT2D eigenvalue weighted by atomic mass is 10.0. The number of aromatic hydroxyl groups is 1. The van der Waals surface area contributed by atoms with Crippen LogP contribution in [0.25, 0.3) is 0 Å². The predicted octanol–water partition coefficient (Wildman–Crippen LogP) is 5.44. The van der Waals surface area contributed by atoms with Crippen molar-refractivity contribution >= 4 is 13.3 Å². The van der Waals surface area contributed by atoms with E-state index in [0.717, 1.165) is 33.8 Å². The number of hydrogen-bond acceptors (Lipinski definition) is 6. The van der Waals surface area contributed by atoms with Crippen LogP contribution in [0.4, 0.5) is 5.69 Å². The van der Waals surface area contributed by atoms with Crippen LogP contribution in [0.1, 0.15) is 47.6 Å². The van der Waals surface area contributed by atoms with Crippen molar-refractivity contribution in [1.29, 1.82) is 0 Å². The number of phenols is 1. The van der Waals surface area contributed by atoms with Crippen molar-refractivity contribution in [2.45, 2.75) is 47.2 Å². The molecule has 28 heavy (non-hydrogen) atoms. The van der Waals surface area contributed by atoms with E-state index in [2.05, 4.69) is 10.3 Å². The third-order valence-electron chi connectivity index (χ3n) is 4.61. The number of anilines is 1. The summed E-state index contributed by atoms with van der Waals surface area (Å²) in [5.41, 5.74) is 4.44. The van der Waals surface area contributed by atoms with Crippen molar-refractivity contribution in [1.82, 2.24) is 4.98 Å². The third-order valence-corrected chi connectivity index (χ3v) is 7.09. The summed E-state index contributed by atoms with van der Waals surface area (Å²) in [7, 11) is -3.43. The van der Waals surface area contributed by atoms with Gasteiger partial charge in [-0.15, -0.1) is 0 Å². The van der Waals surface area contributed by atoms with Gasteiger partial charge >= 0.3 is 7.60 Å². The highest BCUT2D eigenvalue weighted by Gasteiger charge is 2.37. The van der Waals surface area contributed by atoms with E-state index in [4.69, 9.17) is 9.05 Å². The summed E-state index contributed by atoms with van der Waals surface area (Å²) in [6.07, 6.45) is 0. The van der Waals surface area contributed by atoms with Crippen LogP contribution in [0.15, 0.2) is 24.3 Å².